The van der Waals surface area contributed by atoms with Gasteiger partial charge >= 0.3 is 5.97 Å². The summed E-state index contributed by atoms with van der Waals surface area (Å²) in [4.78, 5) is 11.7. The number of benzene rings is 2. The number of fused-ring (bicyclic) bond motifs is 1. The van der Waals surface area contributed by atoms with Gasteiger partial charge in [0.15, 0.2) is 0 Å². The number of carboxylic acids is 1. The zero-order valence-corrected chi connectivity index (χ0v) is 10.6. The summed E-state index contributed by atoms with van der Waals surface area (Å²) in [5, 5.41) is 21.7. The van der Waals surface area contributed by atoms with Crippen molar-refractivity contribution in [2.24, 2.45) is 0 Å². The molecule has 3 heteroatoms. The van der Waals surface area contributed by atoms with E-state index in [1.54, 1.807) is 6.07 Å². The fourth-order valence-corrected chi connectivity index (χ4v) is 3.19. The fourth-order valence-electron chi connectivity index (χ4n) is 3.19. The Morgan fingerprint density at radius 2 is 1.63 bits per heavy atom. The Hall–Kier alpha value is -2.03. The Morgan fingerprint density at radius 1 is 1.05 bits per heavy atom. The topological polar surface area (TPSA) is 57.5 Å². The maximum absolute atomic E-state index is 11.7. The van der Waals surface area contributed by atoms with E-state index in [1.807, 2.05) is 30.3 Å². The maximum atomic E-state index is 11.7. The number of aliphatic carboxylic acids is 1. The van der Waals surface area contributed by atoms with E-state index in [0.29, 0.717) is 18.4 Å². The number of carboxylic acid groups (broad SMARTS) is 1. The van der Waals surface area contributed by atoms with Crippen LogP contribution in [0.25, 0.3) is 10.8 Å². The van der Waals surface area contributed by atoms with Crippen LogP contribution in [0.5, 0.6) is 5.75 Å². The van der Waals surface area contributed by atoms with Crippen molar-refractivity contribution in [1.82, 2.24) is 0 Å². The van der Waals surface area contributed by atoms with Gasteiger partial charge < -0.3 is 10.2 Å². The third-order valence-electron chi connectivity index (χ3n) is 4.25. The van der Waals surface area contributed by atoms with Gasteiger partial charge in [-0.1, -0.05) is 37.1 Å². The lowest BCUT2D eigenvalue weighted by Gasteiger charge is -2.25. The van der Waals surface area contributed by atoms with Crippen LogP contribution in [0, 0.1) is 0 Å². The number of aromatic hydroxyl groups is 1. The summed E-state index contributed by atoms with van der Waals surface area (Å²) >= 11 is 0. The van der Waals surface area contributed by atoms with Crippen molar-refractivity contribution in [3.63, 3.8) is 0 Å². The summed E-state index contributed by atoms with van der Waals surface area (Å²) in [6.07, 6.45) is 3.01. The Bertz CT molecular complexity index is 639. The molecule has 0 aliphatic heterocycles. The van der Waals surface area contributed by atoms with Crippen LogP contribution in [0.4, 0.5) is 0 Å². The van der Waals surface area contributed by atoms with Crippen LogP contribution in [-0.2, 0) is 10.2 Å². The molecule has 3 nitrogen and oxygen atoms in total. The average Bonchev–Trinajstić information content (AvgIpc) is 2.88. The molecule has 0 atom stereocenters. The molecule has 0 spiro atoms. The zero-order valence-electron chi connectivity index (χ0n) is 10.6. The van der Waals surface area contributed by atoms with E-state index in [0.717, 1.165) is 23.6 Å². The molecule has 2 aromatic carbocycles. The summed E-state index contributed by atoms with van der Waals surface area (Å²) in [6.45, 7) is 0. The number of rotatable bonds is 2. The lowest BCUT2D eigenvalue weighted by molar-refractivity contribution is -0.143. The first kappa shape index (κ1) is 12.0. The summed E-state index contributed by atoms with van der Waals surface area (Å²) in [6, 6.07) is 11.2. The van der Waals surface area contributed by atoms with Crippen LogP contribution >= 0.6 is 0 Å². The van der Waals surface area contributed by atoms with Gasteiger partial charge in [0, 0.05) is 5.56 Å². The number of phenols is 1. The number of hydrogen-bond donors (Lipinski definition) is 2. The van der Waals surface area contributed by atoms with Gasteiger partial charge in [-0.3, -0.25) is 4.79 Å². The van der Waals surface area contributed by atoms with Crippen molar-refractivity contribution < 1.29 is 15.0 Å². The third-order valence-corrected chi connectivity index (χ3v) is 4.25. The Morgan fingerprint density at radius 3 is 2.21 bits per heavy atom. The molecule has 3 rings (SSSR count). The van der Waals surface area contributed by atoms with Gasteiger partial charge in [-0.05, 0) is 35.7 Å². The lowest BCUT2D eigenvalue weighted by Crippen LogP contribution is -2.32. The van der Waals surface area contributed by atoms with Gasteiger partial charge in [0.1, 0.15) is 5.75 Å². The van der Waals surface area contributed by atoms with Gasteiger partial charge in [0.25, 0.3) is 0 Å². The smallest absolute Gasteiger partial charge is 0.314 e. The van der Waals surface area contributed by atoms with Crippen LogP contribution in [-0.4, -0.2) is 16.2 Å². The fraction of sp³-hybridized carbons (Fsp3) is 0.312. The quantitative estimate of drug-likeness (QED) is 0.865. The summed E-state index contributed by atoms with van der Waals surface area (Å²) in [5.74, 6) is -0.724. The van der Waals surface area contributed by atoms with E-state index < -0.39 is 11.4 Å². The van der Waals surface area contributed by atoms with Crippen molar-refractivity contribution in [3.8, 4) is 5.75 Å². The predicted octanol–water partition coefficient (Wildman–Crippen LogP) is 3.44. The first-order valence-electron chi connectivity index (χ1n) is 6.59. The predicted molar refractivity (Wildman–Crippen MR) is 73.4 cm³/mol. The monoisotopic (exact) mass is 256 g/mol. The van der Waals surface area contributed by atoms with Crippen LogP contribution in [0.2, 0.25) is 0 Å². The van der Waals surface area contributed by atoms with Crippen LogP contribution in [0.3, 0.4) is 0 Å². The SMILES string of the molecule is O=C(O)C1(c2cc3ccccc3cc2O)CCCC1. The van der Waals surface area contributed by atoms with E-state index in [-0.39, 0.29) is 5.75 Å². The normalized spacial score (nSPS) is 17.7. The molecule has 1 aliphatic carbocycles. The molecular weight excluding hydrogens is 240 g/mol. The minimum atomic E-state index is -0.909. The van der Waals surface area contributed by atoms with E-state index in [9.17, 15) is 15.0 Å². The van der Waals surface area contributed by atoms with E-state index in [2.05, 4.69) is 0 Å². The summed E-state index contributed by atoms with van der Waals surface area (Å²) in [7, 11) is 0. The molecule has 0 heterocycles. The Balaban J connectivity index is 2.23. The van der Waals surface area contributed by atoms with Crippen molar-refractivity contribution in [2.75, 3.05) is 0 Å². The molecule has 0 bridgehead atoms. The molecular formula is C16H16O3. The lowest BCUT2D eigenvalue weighted by atomic mass is 9.77. The second-order valence-electron chi connectivity index (χ2n) is 5.31. The van der Waals surface area contributed by atoms with Gasteiger partial charge in [0.2, 0.25) is 0 Å². The largest absolute Gasteiger partial charge is 0.508 e. The van der Waals surface area contributed by atoms with Gasteiger partial charge in [-0.25, -0.2) is 0 Å². The molecule has 0 unspecified atom stereocenters. The molecule has 0 saturated heterocycles. The number of phenolic OH excluding ortho intramolecular Hbond substituents is 1. The third kappa shape index (κ3) is 1.77. The minimum Gasteiger partial charge on any atom is -0.508 e. The molecule has 2 aromatic rings. The highest BCUT2D eigenvalue weighted by Crippen LogP contribution is 2.45. The highest BCUT2D eigenvalue weighted by molar-refractivity contribution is 5.89. The maximum Gasteiger partial charge on any atom is 0.314 e. The molecule has 1 aliphatic rings. The highest BCUT2D eigenvalue weighted by Gasteiger charge is 2.44. The standard InChI is InChI=1S/C16H16O3/c17-14-10-12-6-2-1-5-11(12)9-13(14)16(15(18)19)7-3-4-8-16/h1-2,5-6,9-10,17H,3-4,7-8H2,(H,18,19). The molecule has 0 aromatic heterocycles. The van der Waals surface area contributed by atoms with E-state index in [1.165, 1.54) is 0 Å². The van der Waals surface area contributed by atoms with E-state index in [4.69, 9.17) is 0 Å². The summed E-state index contributed by atoms with van der Waals surface area (Å²) < 4.78 is 0. The van der Waals surface area contributed by atoms with Crippen LogP contribution in [0.1, 0.15) is 31.2 Å². The van der Waals surface area contributed by atoms with Crippen LogP contribution < -0.4 is 0 Å². The van der Waals surface area contributed by atoms with Gasteiger partial charge in [0.05, 0.1) is 5.41 Å². The minimum absolute atomic E-state index is 0.100. The second-order valence-corrected chi connectivity index (χ2v) is 5.31. The first-order valence-corrected chi connectivity index (χ1v) is 6.59. The van der Waals surface area contributed by atoms with Gasteiger partial charge in [-0.2, -0.15) is 0 Å². The first-order chi connectivity index (χ1) is 9.13. The van der Waals surface area contributed by atoms with Gasteiger partial charge in [-0.15, -0.1) is 0 Å². The number of hydrogen-bond acceptors (Lipinski definition) is 2. The molecule has 2 N–H and O–H groups in total. The molecule has 0 radical (unpaired) electrons. The van der Waals surface area contributed by atoms with Crippen molar-refractivity contribution in [1.29, 1.82) is 0 Å². The Labute approximate surface area is 111 Å². The average molecular weight is 256 g/mol. The van der Waals surface area contributed by atoms with Crippen LogP contribution in [0.15, 0.2) is 36.4 Å². The van der Waals surface area contributed by atoms with Crippen molar-refractivity contribution in [3.05, 3.63) is 42.0 Å². The zero-order chi connectivity index (χ0) is 13.5. The Kier molecular flexibility index (Phi) is 2.70. The number of carbonyl (C=O) groups is 1. The molecule has 1 fully saturated rings. The molecule has 98 valence electrons. The second kappa shape index (κ2) is 4.26. The molecule has 19 heavy (non-hydrogen) atoms. The molecule has 1 saturated carbocycles. The summed E-state index contributed by atoms with van der Waals surface area (Å²) in [5.41, 5.74) is -0.343. The van der Waals surface area contributed by atoms with Crippen molar-refractivity contribution >= 4 is 16.7 Å². The van der Waals surface area contributed by atoms with E-state index >= 15 is 0 Å². The molecule has 0 amide bonds. The van der Waals surface area contributed by atoms with Crippen molar-refractivity contribution in [2.45, 2.75) is 31.1 Å². The highest BCUT2D eigenvalue weighted by atomic mass is 16.4.